The first-order valence-electron chi connectivity index (χ1n) is 11.9. The number of carbonyl (C=O) groups excluding carboxylic acids is 2. The molecule has 0 radical (unpaired) electrons. The monoisotopic (exact) mass is 503 g/mol. The predicted octanol–water partition coefficient (Wildman–Crippen LogP) is 2.31. The number of nitrogens with zero attached hydrogens (tertiary/aromatic N) is 2. The van der Waals surface area contributed by atoms with Crippen LogP contribution in [-0.4, -0.2) is 74.9 Å². The number of hydrogen-bond acceptors (Lipinski definition) is 6. The first-order valence-corrected chi connectivity index (χ1v) is 13.3. The number of nitrogens with one attached hydrogen (secondary N) is 3. The number of carboxylic acid groups (broad SMARTS) is 1. The van der Waals surface area contributed by atoms with Gasteiger partial charge in [0, 0.05) is 25.3 Å². The Bertz CT molecular complexity index is 910. The van der Waals surface area contributed by atoms with Crippen molar-refractivity contribution in [1.82, 2.24) is 25.5 Å². The zero-order valence-electron chi connectivity index (χ0n) is 20.7. The molecule has 0 saturated heterocycles. The molecule has 0 saturated carbocycles. The molecule has 4 N–H and O–H groups in total. The van der Waals surface area contributed by atoms with Gasteiger partial charge in [-0.05, 0) is 29.9 Å². The van der Waals surface area contributed by atoms with Crippen LogP contribution in [0.2, 0.25) is 0 Å². The van der Waals surface area contributed by atoms with Crippen molar-refractivity contribution in [2.75, 3.05) is 25.1 Å². The van der Waals surface area contributed by atoms with E-state index in [4.69, 9.17) is 0 Å². The maximum Gasteiger partial charge on any atom is 0.326 e. The summed E-state index contributed by atoms with van der Waals surface area (Å²) in [5.41, 5.74) is 1.69. The SMILES string of the molecule is CC[C@H](C)[C@@H](CN(CC(=O)N[C@@H](CCSC)C(=O)O)Cc1ccccc1)NC(=O)Cc1c[nH]cn1. The Morgan fingerprint density at radius 1 is 1.17 bits per heavy atom. The standard InChI is InChI=1S/C25H37N5O4S/c1-4-18(2)22(29-23(31)12-20-13-26-17-27-20)15-30(14-19-8-6-5-7-9-19)16-24(32)28-21(25(33)34)10-11-35-3/h5-9,13,17-18,21-22H,4,10-12,14-16H2,1-3H3,(H,26,27)(H,28,32)(H,29,31)(H,33,34)/t18-,21-,22+/m0/s1. The van der Waals surface area contributed by atoms with Gasteiger partial charge < -0.3 is 20.7 Å². The fraction of sp³-hybridized carbons (Fsp3) is 0.520. The van der Waals surface area contributed by atoms with Crippen molar-refractivity contribution < 1.29 is 19.5 Å². The third kappa shape index (κ3) is 10.5. The third-order valence-electron chi connectivity index (χ3n) is 5.89. The summed E-state index contributed by atoms with van der Waals surface area (Å²) < 4.78 is 0. The first-order chi connectivity index (χ1) is 16.8. The fourth-order valence-electron chi connectivity index (χ4n) is 3.70. The van der Waals surface area contributed by atoms with E-state index in [2.05, 4.69) is 34.4 Å². The maximum absolute atomic E-state index is 12.9. The summed E-state index contributed by atoms with van der Waals surface area (Å²) in [5.74, 6) is -0.698. The third-order valence-corrected chi connectivity index (χ3v) is 6.53. The van der Waals surface area contributed by atoms with E-state index in [0.29, 0.717) is 31.0 Å². The Morgan fingerprint density at radius 3 is 2.51 bits per heavy atom. The van der Waals surface area contributed by atoms with Gasteiger partial charge in [0.05, 0.1) is 25.0 Å². The number of aromatic nitrogens is 2. The lowest BCUT2D eigenvalue weighted by Crippen LogP contribution is -2.51. The molecule has 2 rings (SSSR count). The number of aromatic amines is 1. The highest BCUT2D eigenvalue weighted by Gasteiger charge is 2.25. The largest absolute Gasteiger partial charge is 0.480 e. The molecular formula is C25H37N5O4S. The summed E-state index contributed by atoms with van der Waals surface area (Å²) >= 11 is 1.54. The van der Waals surface area contributed by atoms with Gasteiger partial charge in [0.25, 0.3) is 0 Å². The number of aliphatic carboxylic acids is 1. The second-order valence-electron chi connectivity index (χ2n) is 8.69. The fourth-order valence-corrected chi connectivity index (χ4v) is 4.17. The van der Waals surface area contributed by atoms with E-state index in [1.165, 1.54) is 11.8 Å². The molecule has 0 fully saturated rings. The molecule has 1 aromatic carbocycles. The molecule has 0 aliphatic heterocycles. The van der Waals surface area contributed by atoms with Crippen LogP contribution in [0.1, 0.15) is 37.9 Å². The molecule has 35 heavy (non-hydrogen) atoms. The average molecular weight is 504 g/mol. The van der Waals surface area contributed by atoms with Crippen molar-refractivity contribution in [2.24, 2.45) is 5.92 Å². The Hall–Kier alpha value is -2.85. The molecule has 3 atom stereocenters. The topological polar surface area (TPSA) is 127 Å². The Kier molecular flexibility index (Phi) is 12.3. The highest BCUT2D eigenvalue weighted by atomic mass is 32.2. The van der Waals surface area contributed by atoms with Crippen LogP contribution in [0.5, 0.6) is 0 Å². The number of carbonyl (C=O) groups is 3. The van der Waals surface area contributed by atoms with Crippen molar-refractivity contribution in [3.8, 4) is 0 Å². The molecule has 0 unspecified atom stereocenters. The van der Waals surface area contributed by atoms with Crippen LogP contribution in [-0.2, 0) is 27.3 Å². The molecule has 1 aromatic heterocycles. The van der Waals surface area contributed by atoms with Crippen LogP contribution in [0, 0.1) is 5.92 Å². The lowest BCUT2D eigenvalue weighted by atomic mass is 9.98. The van der Waals surface area contributed by atoms with Crippen molar-refractivity contribution in [1.29, 1.82) is 0 Å². The smallest absolute Gasteiger partial charge is 0.326 e. The molecule has 9 nitrogen and oxygen atoms in total. The number of thioether (sulfide) groups is 1. The Labute approximate surface area is 211 Å². The molecule has 2 aromatic rings. The van der Waals surface area contributed by atoms with Crippen molar-refractivity contribution in [3.05, 3.63) is 54.1 Å². The lowest BCUT2D eigenvalue weighted by molar-refractivity contribution is -0.142. The van der Waals surface area contributed by atoms with Crippen molar-refractivity contribution >= 4 is 29.5 Å². The molecule has 0 aliphatic carbocycles. The van der Waals surface area contributed by atoms with E-state index in [-0.39, 0.29) is 36.7 Å². The number of hydrogen-bond donors (Lipinski definition) is 4. The van der Waals surface area contributed by atoms with Crippen LogP contribution in [0.4, 0.5) is 0 Å². The van der Waals surface area contributed by atoms with Gasteiger partial charge >= 0.3 is 5.97 Å². The van der Waals surface area contributed by atoms with Gasteiger partial charge in [-0.25, -0.2) is 9.78 Å². The van der Waals surface area contributed by atoms with Gasteiger partial charge in [-0.2, -0.15) is 11.8 Å². The van der Waals surface area contributed by atoms with Crippen LogP contribution in [0.3, 0.4) is 0 Å². The van der Waals surface area contributed by atoms with Crippen LogP contribution in [0.25, 0.3) is 0 Å². The van der Waals surface area contributed by atoms with Gasteiger partial charge in [-0.15, -0.1) is 0 Å². The molecular weight excluding hydrogens is 466 g/mol. The van der Waals surface area contributed by atoms with Gasteiger partial charge in [-0.3, -0.25) is 14.5 Å². The number of imidazole rings is 1. The molecule has 2 amide bonds. The maximum atomic E-state index is 12.9. The summed E-state index contributed by atoms with van der Waals surface area (Å²) in [4.78, 5) is 46.1. The highest BCUT2D eigenvalue weighted by molar-refractivity contribution is 7.98. The molecule has 192 valence electrons. The quantitative estimate of drug-likeness (QED) is 0.277. The Balaban J connectivity index is 2.12. The number of rotatable bonds is 16. The second kappa shape index (κ2) is 15.2. The number of benzene rings is 1. The molecule has 0 aliphatic rings. The molecule has 10 heteroatoms. The van der Waals surface area contributed by atoms with Gasteiger partial charge in [0.1, 0.15) is 6.04 Å². The van der Waals surface area contributed by atoms with E-state index >= 15 is 0 Å². The van der Waals surface area contributed by atoms with Gasteiger partial charge in [0.15, 0.2) is 0 Å². The zero-order chi connectivity index (χ0) is 25.6. The van der Waals surface area contributed by atoms with E-state index in [1.807, 2.05) is 41.5 Å². The summed E-state index contributed by atoms with van der Waals surface area (Å²) in [6.07, 6.45) is 6.52. The van der Waals surface area contributed by atoms with Gasteiger partial charge in [-0.1, -0.05) is 50.6 Å². The number of amides is 2. The minimum absolute atomic E-state index is 0.0279. The second-order valence-corrected chi connectivity index (χ2v) is 9.68. The Morgan fingerprint density at radius 2 is 1.91 bits per heavy atom. The normalized spacial score (nSPS) is 13.7. The number of H-pyrrole nitrogens is 1. The van der Waals surface area contributed by atoms with Crippen LogP contribution >= 0.6 is 11.8 Å². The molecule has 1 heterocycles. The van der Waals surface area contributed by atoms with Crippen LogP contribution in [0.15, 0.2) is 42.9 Å². The minimum Gasteiger partial charge on any atom is -0.480 e. The summed E-state index contributed by atoms with van der Waals surface area (Å²) in [6.45, 7) is 5.11. The van der Waals surface area contributed by atoms with Gasteiger partial charge in [0.2, 0.25) is 11.8 Å². The summed E-state index contributed by atoms with van der Waals surface area (Å²) in [7, 11) is 0. The highest BCUT2D eigenvalue weighted by Crippen LogP contribution is 2.13. The summed E-state index contributed by atoms with van der Waals surface area (Å²) in [5, 5.41) is 15.3. The lowest BCUT2D eigenvalue weighted by Gasteiger charge is -2.31. The summed E-state index contributed by atoms with van der Waals surface area (Å²) in [6, 6.07) is 8.67. The first kappa shape index (κ1) is 28.4. The van der Waals surface area contributed by atoms with Crippen molar-refractivity contribution in [3.63, 3.8) is 0 Å². The van der Waals surface area contributed by atoms with Crippen molar-refractivity contribution in [2.45, 2.75) is 51.7 Å². The number of carboxylic acids is 1. The molecule has 0 spiro atoms. The molecule has 0 bridgehead atoms. The van der Waals surface area contributed by atoms with E-state index in [0.717, 1.165) is 12.0 Å². The minimum atomic E-state index is -1.04. The van der Waals surface area contributed by atoms with Crippen LogP contribution < -0.4 is 10.6 Å². The zero-order valence-corrected chi connectivity index (χ0v) is 21.5. The van der Waals surface area contributed by atoms with E-state index in [9.17, 15) is 19.5 Å². The van der Waals surface area contributed by atoms with E-state index < -0.39 is 12.0 Å². The average Bonchev–Trinajstić information content (AvgIpc) is 3.34. The van der Waals surface area contributed by atoms with E-state index in [1.54, 1.807) is 12.5 Å². The predicted molar refractivity (Wildman–Crippen MR) is 138 cm³/mol.